The highest BCUT2D eigenvalue weighted by atomic mass is 32.2. The number of hydrogen-bond acceptors (Lipinski definition) is 6. The number of nitrogens with zero attached hydrogens (tertiary/aromatic N) is 2. The van der Waals surface area contributed by atoms with Crippen LogP contribution in [0.15, 0.2) is 70.0 Å². The number of thioether (sulfide) groups is 1. The van der Waals surface area contributed by atoms with Crippen molar-refractivity contribution in [1.29, 1.82) is 0 Å². The van der Waals surface area contributed by atoms with Gasteiger partial charge in [-0.15, -0.1) is 0 Å². The molecule has 1 aliphatic rings. The van der Waals surface area contributed by atoms with Gasteiger partial charge in [0.1, 0.15) is 11.5 Å². The van der Waals surface area contributed by atoms with E-state index in [2.05, 4.69) is 0 Å². The third-order valence-corrected chi connectivity index (χ3v) is 5.72. The monoisotopic (exact) mass is 422 g/mol. The molecule has 1 fully saturated rings. The molecule has 29 heavy (non-hydrogen) atoms. The standard InChI is InChI=1S/C21H14N2O4S2/c1-13-4-2-3-5-17(13)22-20(24)19(29-21(22)28)12-16-10-11-18(27-16)14-6-8-15(9-7-14)23(25)26/h2-12H,1H3/b19-12-. The average molecular weight is 422 g/mol. The molecule has 0 radical (unpaired) electrons. The molecule has 4 rings (SSSR count). The summed E-state index contributed by atoms with van der Waals surface area (Å²) in [6.45, 7) is 1.93. The Bertz CT molecular complexity index is 1170. The van der Waals surface area contributed by atoms with E-state index in [1.807, 2.05) is 31.2 Å². The summed E-state index contributed by atoms with van der Waals surface area (Å²) in [6.07, 6.45) is 1.66. The summed E-state index contributed by atoms with van der Waals surface area (Å²) in [5.41, 5.74) is 2.45. The summed E-state index contributed by atoms with van der Waals surface area (Å²) in [7, 11) is 0. The Morgan fingerprint density at radius 2 is 1.83 bits per heavy atom. The van der Waals surface area contributed by atoms with Crippen LogP contribution in [0.3, 0.4) is 0 Å². The van der Waals surface area contributed by atoms with Gasteiger partial charge in [-0.3, -0.25) is 19.8 Å². The number of thiocarbonyl (C=S) groups is 1. The lowest BCUT2D eigenvalue weighted by molar-refractivity contribution is -0.384. The number of benzene rings is 2. The molecule has 0 aliphatic carbocycles. The van der Waals surface area contributed by atoms with E-state index in [0.29, 0.717) is 26.3 Å². The van der Waals surface area contributed by atoms with Crippen LogP contribution in [0.2, 0.25) is 0 Å². The molecule has 1 amide bonds. The summed E-state index contributed by atoms with van der Waals surface area (Å²) in [5, 5.41) is 10.8. The van der Waals surface area contributed by atoms with Crippen molar-refractivity contribution in [3.63, 3.8) is 0 Å². The van der Waals surface area contributed by atoms with Crippen molar-refractivity contribution in [3.8, 4) is 11.3 Å². The number of carbonyl (C=O) groups excluding carboxylic acids is 1. The fraction of sp³-hybridized carbons (Fsp3) is 0.0476. The number of non-ortho nitro benzene ring substituents is 1. The highest BCUT2D eigenvalue weighted by molar-refractivity contribution is 8.27. The number of amides is 1. The number of hydrogen-bond donors (Lipinski definition) is 0. The highest BCUT2D eigenvalue weighted by Gasteiger charge is 2.34. The summed E-state index contributed by atoms with van der Waals surface area (Å²) in [5.74, 6) is 0.867. The van der Waals surface area contributed by atoms with Gasteiger partial charge < -0.3 is 4.42 Å². The van der Waals surface area contributed by atoms with Gasteiger partial charge in [0.05, 0.1) is 15.5 Å². The predicted octanol–water partition coefficient (Wildman–Crippen LogP) is 5.57. The summed E-state index contributed by atoms with van der Waals surface area (Å²) < 4.78 is 6.28. The van der Waals surface area contributed by atoms with Crippen molar-refractivity contribution in [2.24, 2.45) is 0 Å². The van der Waals surface area contributed by atoms with Crippen LogP contribution in [0.25, 0.3) is 17.4 Å². The molecule has 1 saturated heterocycles. The van der Waals surface area contributed by atoms with Gasteiger partial charge in [-0.25, -0.2) is 0 Å². The van der Waals surface area contributed by atoms with E-state index in [-0.39, 0.29) is 11.6 Å². The Morgan fingerprint density at radius 1 is 1.10 bits per heavy atom. The minimum absolute atomic E-state index is 0.0143. The lowest BCUT2D eigenvalue weighted by atomic mass is 10.1. The highest BCUT2D eigenvalue weighted by Crippen LogP contribution is 2.37. The van der Waals surface area contributed by atoms with Gasteiger partial charge in [-0.05, 0) is 42.8 Å². The molecule has 1 aromatic heterocycles. The molecular weight excluding hydrogens is 408 g/mol. The second-order valence-corrected chi connectivity index (χ2v) is 7.99. The fourth-order valence-electron chi connectivity index (χ4n) is 2.95. The largest absolute Gasteiger partial charge is 0.457 e. The number of aryl methyl sites for hydroxylation is 1. The van der Waals surface area contributed by atoms with Crippen LogP contribution in [-0.4, -0.2) is 15.2 Å². The van der Waals surface area contributed by atoms with Gasteiger partial charge in [0.15, 0.2) is 4.32 Å². The van der Waals surface area contributed by atoms with Crippen LogP contribution < -0.4 is 4.90 Å². The average Bonchev–Trinajstić information content (AvgIpc) is 3.27. The van der Waals surface area contributed by atoms with Crippen molar-refractivity contribution in [2.45, 2.75) is 6.92 Å². The Balaban J connectivity index is 1.59. The number of rotatable bonds is 4. The van der Waals surface area contributed by atoms with Crippen LogP contribution in [0.1, 0.15) is 11.3 Å². The van der Waals surface area contributed by atoms with E-state index in [4.69, 9.17) is 16.6 Å². The van der Waals surface area contributed by atoms with Crippen LogP contribution in [-0.2, 0) is 4.79 Å². The van der Waals surface area contributed by atoms with Gasteiger partial charge in [-0.2, -0.15) is 0 Å². The van der Waals surface area contributed by atoms with E-state index in [1.54, 1.807) is 30.3 Å². The molecule has 8 heteroatoms. The Morgan fingerprint density at radius 3 is 2.52 bits per heavy atom. The summed E-state index contributed by atoms with van der Waals surface area (Å²) in [4.78, 5) is 25.2. The number of para-hydroxylation sites is 1. The van der Waals surface area contributed by atoms with Crippen LogP contribution in [0.5, 0.6) is 0 Å². The minimum Gasteiger partial charge on any atom is -0.457 e. The molecule has 0 saturated carbocycles. The van der Waals surface area contributed by atoms with Gasteiger partial charge in [0, 0.05) is 23.8 Å². The van der Waals surface area contributed by atoms with Crippen molar-refractivity contribution in [3.05, 3.63) is 87.0 Å². The molecule has 144 valence electrons. The number of nitro groups is 1. The maximum atomic E-state index is 12.9. The molecule has 0 bridgehead atoms. The van der Waals surface area contributed by atoms with E-state index in [1.165, 1.54) is 28.8 Å². The first-order valence-corrected chi connectivity index (χ1v) is 9.85. The zero-order valence-electron chi connectivity index (χ0n) is 15.2. The molecule has 0 N–H and O–H groups in total. The molecule has 0 unspecified atom stereocenters. The first kappa shape index (κ1) is 19.1. The summed E-state index contributed by atoms with van der Waals surface area (Å²) in [6, 6.07) is 17.2. The maximum Gasteiger partial charge on any atom is 0.270 e. The van der Waals surface area contributed by atoms with Gasteiger partial charge in [0.25, 0.3) is 11.6 Å². The Labute approximate surface area is 176 Å². The molecule has 1 aliphatic heterocycles. The minimum atomic E-state index is -0.451. The molecule has 3 aromatic rings. The number of carbonyl (C=O) groups is 1. The topological polar surface area (TPSA) is 76.6 Å². The second-order valence-electron chi connectivity index (χ2n) is 6.31. The smallest absolute Gasteiger partial charge is 0.270 e. The van der Waals surface area contributed by atoms with E-state index in [0.717, 1.165) is 11.3 Å². The number of nitro benzene ring substituents is 1. The molecule has 2 heterocycles. The fourth-order valence-corrected chi connectivity index (χ4v) is 4.22. The zero-order chi connectivity index (χ0) is 20.5. The van der Waals surface area contributed by atoms with E-state index in [9.17, 15) is 14.9 Å². The Hall–Kier alpha value is -3.23. The second kappa shape index (κ2) is 7.65. The normalized spacial score (nSPS) is 15.3. The number of furan rings is 1. The maximum absolute atomic E-state index is 12.9. The van der Waals surface area contributed by atoms with Gasteiger partial charge >= 0.3 is 0 Å². The molecule has 0 atom stereocenters. The third kappa shape index (κ3) is 3.72. The van der Waals surface area contributed by atoms with Crippen molar-refractivity contribution >= 4 is 51.7 Å². The SMILES string of the molecule is Cc1ccccc1N1C(=O)/C(=C/c2ccc(-c3ccc([N+](=O)[O-])cc3)o2)SC1=S. The van der Waals surface area contributed by atoms with E-state index < -0.39 is 4.92 Å². The van der Waals surface area contributed by atoms with Crippen molar-refractivity contribution in [2.75, 3.05) is 4.90 Å². The van der Waals surface area contributed by atoms with Crippen LogP contribution in [0, 0.1) is 17.0 Å². The third-order valence-electron chi connectivity index (χ3n) is 4.41. The molecule has 0 spiro atoms. The quantitative estimate of drug-likeness (QED) is 0.237. The molecular formula is C21H14N2O4S2. The van der Waals surface area contributed by atoms with E-state index >= 15 is 0 Å². The van der Waals surface area contributed by atoms with Crippen molar-refractivity contribution < 1.29 is 14.1 Å². The van der Waals surface area contributed by atoms with Gasteiger partial charge in [-0.1, -0.05) is 42.2 Å². The first-order chi connectivity index (χ1) is 13.9. The first-order valence-electron chi connectivity index (χ1n) is 8.62. The molecule has 2 aromatic carbocycles. The Kier molecular flexibility index (Phi) is 5.04. The van der Waals surface area contributed by atoms with Crippen LogP contribution in [0.4, 0.5) is 11.4 Å². The van der Waals surface area contributed by atoms with Crippen LogP contribution >= 0.6 is 24.0 Å². The van der Waals surface area contributed by atoms with Crippen molar-refractivity contribution in [1.82, 2.24) is 0 Å². The molecule has 6 nitrogen and oxygen atoms in total. The lowest BCUT2D eigenvalue weighted by Gasteiger charge is -2.16. The number of anilines is 1. The lowest BCUT2D eigenvalue weighted by Crippen LogP contribution is -2.28. The predicted molar refractivity (Wildman–Crippen MR) is 118 cm³/mol. The summed E-state index contributed by atoms with van der Waals surface area (Å²) >= 11 is 6.63. The zero-order valence-corrected chi connectivity index (χ0v) is 16.8. The van der Waals surface area contributed by atoms with Gasteiger partial charge in [0.2, 0.25) is 0 Å².